The van der Waals surface area contributed by atoms with Crippen molar-refractivity contribution in [3.05, 3.63) is 48.8 Å². The van der Waals surface area contributed by atoms with Crippen LogP contribution in [-0.2, 0) is 0 Å². The van der Waals surface area contributed by atoms with Gasteiger partial charge < -0.3 is 10.3 Å². The number of nitrogen functional groups attached to an aromatic ring is 1. The molecule has 3 aromatic rings. The summed E-state index contributed by atoms with van der Waals surface area (Å²) >= 11 is 0. The predicted octanol–water partition coefficient (Wildman–Crippen LogP) is 3.17. The van der Waals surface area contributed by atoms with Gasteiger partial charge in [0.25, 0.3) is 0 Å². The first-order chi connectivity index (χ1) is 10.1. The summed E-state index contributed by atoms with van der Waals surface area (Å²) in [5, 5.41) is 0. The van der Waals surface area contributed by atoms with E-state index in [4.69, 9.17) is 10.7 Å². The molecule has 0 aliphatic carbocycles. The summed E-state index contributed by atoms with van der Waals surface area (Å²) in [6.07, 6.45) is 3.66. The van der Waals surface area contributed by atoms with Gasteiger partial charge in [0.2, 0.25) is 5.95 Å². The van der Waals surface area contributed by atoms with E-state index in [2.05, 4.69) is 40.5 Å². The van der Waals surface area contributed by atoms with Crippen molar-refractivity contribution in [2.24, 2.45) is 0 Å². The molecule has 0 aliphatic heterocycles. The van der Waals surface area contributed by atoms with Gasteiger partial charge in [-0.15, -0.1) is 0 Å². The van der Waals surface area contributed by atoms with E-state index in [0.29, 0.717) is 6.04 Å². The van der Waals surface area contributed by atoms with E-state index in [1.165, 1.54) is 0 Å². The second-order valence-corrected chi connectivity index (χ2v) is 5.12. The number of benzene rings is 1. The van der Waals surface area contributed by atoms with E-state index in [1.54, 1.807) is 6.20 Å². The van der Waals surface area contributed by atoms with Crippen LogP contribution in [0.4, 0.5) is 5.95 Å². The van der Waals surface area contributed by atoms with Gasteiger partial charge in [0.05, 0.1) is 5.69 Å². The van der Waals surface area contributed by atoms with Crippen molar-refractivity contribution in [2.75, 3.05) is 5.73 Å². The predicted molar refractivity (Wildman–Crippen MR) is 83.5 cm³/mol. The van der Waals surface area contributed by atoms with Crippen molar-refractivity contribution in [3.63, 3.8) is 0 Å². The fraction of sp³-hybridized carbons (Fsp3) is 0.188. The fourth-order valence-corrected chi connectivity index (χ4v) is 2.23. The zero-order valence-electron chi connectivity index (χ0n) is 12.1. The molecule has 2 N–H and O–H groups in total. The third-order valence-corrected chi connectivity index (χ3v) is 3.26. The molecule has 5 nitrogen and oxygen atoms in total. The van der Waals surface area contributed by atoms with Gasteiger partial charge in [0.15, 0.2) is 0 Å². The Labute approximate surface area is 123 Å². The van der Waals surface area contributed by atoms with Crippen molar-refractivity contribution in [1.82, 2.24) is 19.5 Å². The summed E-state index contributed by atoms with van der Waals surface area (Å²) in [4.78, 5) is 12.9. The van der Waals surface area contributed by atoms with Crippen LogP contribution in [0.5, 0.6) is 0 Å². The summed E-state index contributed by atoms with van der Waals surface area (Å²) in [5.74, 6) is 1.19. The Morgan fingerprint density at radius 1 is 1.00 bits per heavy atom. The number of nitrogens with two attached hydrogens (primary N) is 1. The SMILES string of the molecule is CC(C)n1cc(-c2ccnc(N)n2)nc1-c1ccccc1. The van der Waals surface area contributed by atoms with Crippen LogP contribution in [-0.4, -0.2) is 19.5 Å². The van der Waals surface area contributed by atoms with Crippen LogP contribution >= 0.6 is 0 Å². The van der Waals surface area contributed by atoms with Gasteiger partial charge >= 0.3 is 0 Å². The van der Waals surface area contributed by atoms with Gasteiger partial charge in [0, 0.05) is 24.0 Å². The lowest BCUT2D eigenvalue weighted by atomic mass is 10.2. The molecule has 2 heterocycles. The Kier molecular flexibility index (Phi) is 3.39. The second kappa shape index (κ2) is 5.36. The van der Waals surface area contributed by atoms with Crippen molar-refractivity contribution in [3.8, 4) is 22.8 Å². The van der Waals surface area contributed by atoms with E-state index < -0.39 is 0 Å². The van der Waals surface area contributed by atoms with E-state index in [-0.39, 0.29) is 5.95 Å². The van der Waals surface area contributed by atoms with Gasteiger partial charge in [-0.2, -0.15) is 0 Å². The maximum atomic E-state index is 5.65. The molecule has 106 valence electrons. The van der Waals surface area contributed by atoms with Crippen molar-refractivity contribution in [1.29, 1.82) is 0 Å². The first kappa shape index (κ1) is 13.3. The quantitative estimate of drug-likeness (QED) is 0.799. The molecule has 0 aliphatic rings. The molecule has 0 unspecified atom stereocenters. The zero-order valence-corrected chi connectivity index (χ0v) is 12.1. The first-order valence-corrected chi connectivity index (χ1v) is 6.88. The fourth-order valence-electron chi connectivity index (χ4n) is 2.23. The van der Waals surface area contributed by atoms with E-state index >= 15 is 0 Å². The molecule has 0 fully saturated rings. The number of hydrogen-bond donors (Lipinski definition) is 1. The Morgan fingerprint density at radius 2 is 1.76 bits per heavy atom. The summed E-state index contributed by atoms with van der Waals surface area (Å²) < 4.78 is 2.14. The molecule has 2 aromatic heterocycles. The summed E-state index contributed by atoms with van der Waals surface area (Å²) in [6.45, 7) is 4.26. The highest BCUT2D eigenvalue weighted by atomic mass is 15.1. The Hall–Kier alpha value is -2.69. The molecule has 0 amide bonds. The van der Waals surface area contributed by atoms with Gasteiger partial charge in [-0.25, -0.2) is 15.0 Å². The minimum Gasteiger partial charge on any atom is -0.368 e. The van der Waals surface area contributed by atoms with Gasteiger partial charge in [-0.1, -0.05) is 30.3 Å². The van der Waals surface area contributed by atoms with E-state index in [9.17, 15) is 0 Å². The molecule has 0 saturated heterocycles. The lowest BCUT2D eigenvalue weighted by molar-refractivity contribution is 0.606. The van der Waals surface area contributed by atoms with Crippen LogP contribution in [0.25, 0.3) is 22.8 Å². The normalized spacial score (nSPS) is 11.0. The molecule has 0 saturated carbocycles. The third-order valence-electron chi connectivity index (χ3n) is 3.26. The number of anilines is 1. The van der Waals surface area contributed by atoms with E-state index in [1.807, 2.05) is 30.5 Å². The van der Waals surface area contributed by atoms with Crippen LogP contribution in [0.2, 0.25) is 0 Å². The summed E-state index contributed by atoms with van der Waals surface area (Å²) in [7, 11) is 0. The molecule has 0 spiro atoms. The monoisotopic (exact) mass is 279 g/mol. The summed E-state index contributed by atoms with van der Waals surface area (Å²) in [5.41, 5.74) is 8.28. The van der Waals surface area contributed by atoms with Gasteiger partial charge in [-0.05, 0) is 19.9 Å². The highest BCUT2D eigenvalue weighted by molar-refractivity contribution is 5.63. The maximum Gasteiger partial charge on any atom is 0.220 e. The molecule has 5 heteroatoms. The largest absolute Gasteiger partial charge is 0.368 e. The zero-order chi connectivity index (χ0) is 14.8. The molecular weight excluding hydrogens is 262 g/mol. The third kappa shape index (κ3) is 2.63. The average Bonchev–Trinajstić information content (AvgIpc) is 2.93. The van der Waals surface area contributed by atoms with Crippen LogP contribution in [0, 0.1) is 0 Å². The van der Waals surface area contributed by atoms with Crippen molar-refractivity contribution < 1.29 is 0 Å². The minimum absolute atomic E-state index is 0.257. The minimum atomic E-state index is 0.257. The Bertz CT molecular complexity index is 746. The van der Waals surface area contributed by atoms with Crippen molar-refractivity contribution in [2.45, 2.75) is 19.9 Å². The smallest absolute Gasteiger partial charge is 0.220 e. The molecule has 0 atom stereocenters. The lowest BCUT2D eigenvalue weighted by Crippen LogP contribution is -2.01. The van der Waals surface area contributed by atoms with Crippen LogP contribution < -0.4 is 5.73 Å². The van der Waals surface area contributed by atoms with Crippen LogP contribution in [0.15, 0.2) is 48.8 Å². The Balaban J connectivity index is 2.13. The highest BCUT2D eigenvalue weighted by Crippen LogP contribution is 2.26. The lowest BCUT2D eigenvalue weighted by Gasteiger charge is -2.10. The average molecular weight is 279 g/mol. The molecule has 21 heavy (non-hydrogen) atoms. The highest BCUT2D eigenvalue weighted by Gasteiger charge is 2.14. The first-order valence-electron chi connectivity index (χ1n) is 6.88. The Morgan fingerprint density at radius 3 is 2.43 bits per heavy atom. The number of hydrogen-bond acceptors (Lipinski definition) is 4. The number of imidazole rings is 1. The van der Waals surface area contributed by atoms with Crippen LogP contribution in [0.1, 0.15) is 19.9 Å². The second-order valence-electron chi connectivity index (χ2n) is 5.12. The van der Waals surface area contributed by atoms with E-state index in [0.717, 1.165) is 22.8 Å². The van der Waals surface area contributed by atoms with Gasteiger partial charge in [-0.3, -0.25) is 0 Å². The van der Waals surface area contributed by atoms with Gasteiger partial charge in [0.1, 0.15) is 11.5 Å². The standard InChI is InChI=1S/C16H17N5/c1-11(2)21-10-14(13-8-9-18-16(17)20-13)19-15(21)12-6-4-3-5-7-12/h3-11H,1-2H3,(H2,17,18,20). The number of aromatic nitrogens is 4. The molecule has 0 bridgehead atoms. The molecule has 1 aromatic carbocycles. The van der Waals surface area contributed by atoms with Crippen LogP contribution in [0.3, 0.4) is 0 Å². The summed E-state index contributed by atoms with van der Waals surface area (Å²) in [6, 6.07) is 12.3. The molecule has 0 radical (unpaired) electrons. The maximum absolute atomic E-state index is 5.65. The number of nitrogens with zero attached hydrogens (tertiary/aromatic N) is 4. The molecular formula is C16H17N5. The molecule has 3 rings (SSSR count). The number of rotatable bonds is 3. The van der Waals surface area contributed by atoms with Crippen molar-refractivity contribution >= 4 is 5.95 Å². The topological polar surface area (TPSA) is 69.6 Å².